The van der Waals surface area contributed by atoms with Gasteiger partial charge in [0.15, 0.2) is 27.2 Å². The number of carbonyl (C=O) groups excluding carboxylic acids is 4. The number of anilines is 1. The second-order valence-corrected chi connectivity index (χ2v) is 8.13. The van der Waals surface area contributed by atoms with E-state index in [2.05, 4.69) is 32.1 Å². The van der Waals surface area contributed by atoms with E-state index >= 15 is 0 Å². The second kappa shape index (κ2) is 12.4. The number of halogens is 1. The van der Waals surface area contributed by atoms with E-state index in [0.717, 1.165) is 18.4 Å². The number of methoxy groups -OCH3 is 1. The molecule has 0 aromatic carbocycles. The summed E-state index contributed by atoms with van der Waals surface area (Å²) in [6, 6.07) is -3.62. The van der Waals surface area contributed by atoms with E-state index < -0.39 is 51.8 Å². The zero-order valence-corrected chi connectivity index (χ0v) is 21.5. The van der Waals surface area contributed by atoms with Crippen molar-refractivity contribution in [2.45, 2.75) is 12.1 Å². The molecule has 0 radical (unpaired) electrons. The van der Waals surface area contributed by atoms with Gasteiger partial charge < -0.3 is 24.8 Å². The zero-order valence-electron chi connectivity index (χ0n) is 17.1. The number of rotatable bonds is 10. The molecular weight excluding hydrogens is 517 g/mol. The molecule has 33 heavy (non-hydrogen) atoms. The first-order valence-electron chi connectivity index (χ1n) is 8.35. The van der Waals surface area contributed by atoms with Gasteiger partial charge in [-0.2, -0.15) is 0 Å². The number of amides is 3. The standard InChI is InChI=1S/C15H16ClN5O9S2.Na/c1-3-4-30-20-9(7-6-31-15(17-7)18-8(22)5-16)12(23)19-10-11(14(25)29-2)21(13(10)24)32(26,27)28;/h3,6,10-11H,1,4-5H2,2H3,(H,19,23)(H,17,18,22)(H,26,27,28);/q;+1/p-1/t10-,11-;/m1./s1. The van der Waals surface area contributed by atoms with Crippen molar-refractivity contribution in [2.24, 2.45) is 5.16 Å². The summed E-state index contributed by atoms with van der Waals surface area (Å²) >= 11 is 6.33. The van der Waals surface area contributed by atoms with Crippen molar-refractivity contribution in [2.75, 3.05) is 24.9 Å². The van der Waals surface area contributed by atoms with Crippen LogP contribution in [0.15, 0.2) is 23.2 Å². The Balaban J connectivity index is 0.00000544. The van der Waals surface area contributed by atoms with Crippen LogP contribution in [-0.4, -0.2) is 83.3 Å². The zero-order chi connectivity index (χ0) is 24.1. The molecule has 1 fully saturated rings. The maximum atomic E-state index is 12.7. The first kappa shape index (κ1) is 29.0. The molecule has 18 heteroatoms. The Labute approximate surface area is 218 Å². The number of nitrogens with zero attached hydrogens (tertiary/aromatic N) is 3. The third-order valence-electron chi connectivity index (χ3n) is 3.70. The molecule has 2 atom stereocenters. The molecule has 1 aromatic rings. The molecular formula is C15H15ClN5NaO9S2. The number of thiazole rings is 1. The molecule has 2 rings (SSSR count). The van der Waals surface area contributed by atoms with Crippen LogP contribution in [0.3, 0.4) is 0 Å². The Morgan fingerprint density at radius 1 is 1.45 bits per heavy atom. The van der Waals surface area contributed by atoms with Crippen molar-refractivity contribution < 1.29 is 71.3 Å². The van der Waals surface area contributed by atoms with E-state index in [4.69, 9.17) is 16.4 Å². The molecule has 174 valence electrons. The van der Waals surface area contributed by atoms with Crippen LogP contribution in [0, 0.1) is 0 Å². The Kier molecular flexibility index (Phi) is 10.9. The third kappa shape index (κ3) is 6.95. The first-order valence-corrected chi connectivity index (χ1v) is 11.1. The van der Waals surface area contributed by atoms with E-state index in [0.29, 0.717) is 0 Å². The summed E-state index contributed by atoms with van der Waals surface area (Å²) in [4.78, 5) is 57.0. The summed E-state index contributed by atoms with van der Waals surface area (Å²) in [6.07, 6.45) is 1.33. The van der Waals surface area contributed by atoms with E-state index in [1.54, 1.807) is 0 Å². The quantitative estimate of drug-likeness (QED) is 0.0342. The Morgan fingerprint density at radius 3 is 2.67 bits per heavy atom. The maximum absolute atomic E-state index is 12.7. The number of β-lactam (4-membered cyclic amide) rings is 1. The molecule has 2 N–H and O–H groups in total. The Morgan fingerprint density at radius 2 is 2.12 bits per heavy atom. The van der Waals surface area contributed by atoms with Crippen molar-refractivity contribution in [1.82, 2.24) is 14.6 Å². The van der Waals surface area contributed by atoms with Gasteiger partial charge in [-0.25, -0.2) is 22.5 Å². The predicted octanol–water partition coefficient (Wildman–Crippen LogP) is -4.44. The minimum Gasteiger partial charge on any atom is -0.731 e. The summed E-state index contributed by atoms with van der Waals surface area (Å²) < 4.78 is 37.9. The average Bonchev–Trinajstić information content (AvgIpc) is 3.19. The van der Waals surface area contributed by atoms with Gasteiger partial charge in [-0.3, -0.25) is 14.4 Å². The van der Waals surface area contributed by atoms with E-state index in [1.165, 1.54) is 11.5 Å². The largest absolute Gasteiger partial charge is 1.00 e. The van der Waals surface area contributed by atoms with Crippen LogP contribution in [-0.2, 0) is 39.1 Å². The average molecular weight is 532 g/mol. The fourth-order valence-electron chi connectivity index (χ4n) is 2.37. The predicted molar refractivity (Wildman–Crippen MR) is 108 cm³/mol. The molecule has 3 amide bonds. The molecule has 2 heterocycles. The third-order valence-corrected chi connectivity index (χ3v) is 5.59. The van der Waals surface area contributed by atoms with Crippen molar-refractivity contribution >= 4 is 67.8 Å². The fraction of sp³-hybridized carbons (Fsp3) is 0.333. The van der Waals surface area contributed by atoms with Gasteiger partial charge in [-0.15, -0.1) is 22.9 Å². The molecule has 1 saturated heterocycles. The number of hydrogen-bond donors (Lipinski definition) is 2. The van der Waals surface area contributed by atoms with Gasteiger partial charge >= 0.3 is 35.5 Å². The molecule has 0 aliphatic carbocycles. The van der Waals surface area contributed by atoms with Crippen LogP contribution in [0.5, 0.6) is 0 Å². The van der Waals surface area contributed by atoms with Gasteiger partial charge in [-0.1, -0.05) is 17.8 Å². The van der Waals surface area contributed by atoms with Gasteiger partial charge in [0.05, 0.1) is 7.11 Å². The van der Waals surface area contributed by atoms with Crippen molar-refractivity contribution in [1.29, 1.82) is 0 Å². The smallest absolute Gasteiger partial charge is 0.731 e. The molecule has 0 saturated carbocycles. The van der Waals surface area contributed by atoms with Crippen LogP contribution in [0.1, 0.15) is 5.69 Å². The number of ether oxygens (including phenoxy) is 1. The van der Waals surface area contributed by atoms with Crippen LogP contribution < -0.4 is 40.2 Å². The van der Waals surface area contributed by atoms with Crippen molar-refractivity contribution in [3.05, 3.63) is 23.7 Å². The van der Waals surface area contributed by atoms with Crippen molar-refractivity contribution in [3.8, 4) is 0 Å². The molecule has 0 bridgehead atoms. The van der Waals surface area contributed by atoms with E-state index in [9.17, 15) is 32.1 Å². The van der Waals surface area contributed by atoms with Gasteiger partial charge in [0, 0.05) is 5.38 Å². The number of nitrogens with one attached hydrogen (secondary N) is 2. The second-order valence-electron chi connectivity index (χ2n) is 5.75. The minimum absolute atomic E-state index is 0. The maximum Gasteiger partial charge on any atom is 1.00 e. The summed E-state index contributed by atoms with van der Waals surface area (Å²) in [6.45, 7) is 3.31. The van der Waals surface area contributed by atoms with Gasteiger partial charge in [0.2, 0.25) is 5.91 Å². The summed E-state index contributed by atoms with van der Waals surface area (Å²) in [5.41, 5.74) is -0.564. The number of aromatic nitrogens is 1. The summed E-state index contributed by atoms with van der Waals surface area (Å²) in [7, 11) is -4.43. The SMILES string of the molecule is C=CCON=C(C(=O)N[C@H]1C(=O)N(S(=O)(=O)[O-])[C@H]1C(=O)OC)c1csc(NC(=O)CCl)n1.[Na+]. The van der Waals surface area contributed by atoms with E-state index in [1.807, 2.05) is 0 Å². The normalized spacial score (nSPS) is 17.8. The number of alkyl halides is 1. The summed E-state index contributed by atoms with van der Waals surface area (Å²) in [5, 5.41) is 9.48. The molecule has 1 aliphatic heterocycles. The fourth-order valence-corrected chi connectivity index (χ4v) is 3.96. The topological polar surface area (TPSA) is 196 Å². The Bertz CT molecular complexity index is 1080. The summed E-state index contributed by atoms with van der Waals surface area (Å²) in [5.74, 6) is -4.57. The molecule has 1 aliphatic rings. The molecule has 0 spiro atoms. The molecule has 1 aromatic heterocycles. The van der Waals surface area contributed by atoms with Crippen molar-refractivity contribution in [3.63, 3.8) is 0 Å². The number of oxime groups is 1. The van der Waals surface area contributed by atoms with Gasteiger partial charge in [0.25, 0.3) is 11.8 Å². The van der Waals surface area contributed by atoms with Crippen LogP contribution >= 0.6 is 22.9 Å². The Hall–Kier alpha value is -2.08. The van der Waals surface area contributed by atoms with Crippen LogP contribution in [0.4, 0.5) is 5.13 Å². The number of carbonyl (C=O) groups is 4. The first-order chi connectivity index (χ1) is 15.0. The number of hydrogen-bond acceptors (Lipinski definition) is 12. The van der Waals surface area contributed by atoms with Gasteiger partial charge in [-0.05, 0) is 0 Å². The van der Waals surface area contributed by atoms with Gasteiger partial charge in [0.1, 0.15) is 24.2 Å². The van der Waals surface area contributed by atoms with E-state index in [-0.39, 0.29) is 57.2 Å². The van der Waals surface area contributed by atoms with Crippen LogP contribution in [0.25, 0.3) is 0 Å². The molecule has 0 unspecified atom stereocenters. The monoisotopic (exact) mass is 531 g/mol. The minimum atomic E-state index is -5.34. The molecule has 14 nitrogen and oxygen atoms in total. The number of esters is 1. The van der Waals surface area contributed by atoms with Crippen LogP contribution in [0.2, 0.25) is 0 Å².